The molecule has 0 bridgehead atoms. The molecule has 1 atom stereocenters. The SMILES string of the molecule is CC(C)OC1=C(c2ccccc2)C(OC(C)C)(P(C2CCCCC2)C2CCCCC2)CC=C1. The number of allylic oxidation sites excluding steroid dienone is 1. The van der Waals surface area contributed by atoms with Gasteiger partial charge in [-0.05, 0) is 76.3 Å². The highest BCUT2D eigenvalue weighted by Crippen LogP contribution is 2.70. The van der Waals surface area contributed by atoms with E-state index in [2.05, 4.69) is 70.2 Å². The molecule has 3 aliphatic rings. The van der Waals surface area contributed by atoms with Gasteiger partial charge in [0.2, 0.25) is 0 Å². The van der Waals surface area contributed by atoms with E-state index in [-0.39, 0.29) is 25.5 Å². The lowest BCUT2D eigenvalue weighted by atomic mass is 9.92. The van der Waals surface area contributed by atoms with Crippen molar-refractivity contribution in [3.05, 3.63) is 53.8 Å². The molecule has 3 aliphatic carbocycles. The van der Waals surface area contributed by atoms with Gasteiger partial charge in [0.15, 0.2) is 0 Å². The van der Waals surface area contributed by atoms with E-state index < -0.39 is 0 Å². The van der Waals surface area contributed by atoms with Gasteiger partial charge in [0.1, 0.15) is 11.1 Å². The third kappa shape index (κ3) is 5.76. The molecular formula is C30H45O2P. The molecule has 0 radical (unpaired) electrons. The molecule has 3 heteroatoms. The van der Waals surface area contributed by atoms with E-state index in [1.54, 1.807) is 0 Å². The fraction of sp³-hybridized carbons (Fsp3) is 0.667. The molecule has 0 N–H and O–H groups in total. The van der Waals surface area contributed by atoms with E-state index in [4.69, 9.17) is 9.47 Å². The van der Waals surface area contributed by atoms with Gasteiger partial charge in [-0.25, -0.2) is 0 Å². The fourth-order valence-corrected chi connectivity index (χ4v) is 11.2. The second-order valence-corrected chi connectivity index (χ2v) is 13.8. The molecule has 182 valence electrons. The Labute approximate surface area is 204 Å². The zero-order chi connectivity index (χ0) is 23.3. The summed E-state index contributed by atoms with van der Waals surface area (Å²) in [6.07, 6.45) is 19.9. The summed E-state index contributed by atoms with van der Waals surface area (Å²) in [4.78, 5) is 0. The molecule has 0 aromatic heterocycles. The Hall–Kier alpha value is -1.11. The van der Waals surface area contributed by atoms with Crippen molar-refractivity contribution in [2.45, 2.75) is 127 Å². The van der Waals surface area contributed by atoms with Gasteiger partial charge < -0.3 is 9.47 Å². The second-order valence-electron chi connectivity index (χ2n) is 10.8. The minimum atomic E-state index is -0.358. The third-order valence-corrected chi connectivity index (χ3v) is 11.5. The van der Waals surface area contributed by atoms with Crippen molar-refractivity contribution in [3.63, 3.8) is 0 Å². The summed E-state index contributed by atoms with van der Waals surface area (Å²) in [6, 6.07) is 11.0. The van der Waals surface area contributed by atoms with Crippen molar-refractivity contribution in [2.75, 3.05) is 0 Å². The molecule has 0 amide bonds. The first-order chi connectivity index (χ1) is 16.0. The maximum absolute atomic E-state index is 7.27. The van der Waals surface area contributed by atoms with Gasteiger partial charge in [-0.2, -0.15) is 0 Å². The molecule has 2 saturated carbocycles. The van der Waals surface area contributed by atoms with Gasteiger partial charge in [0.25, 0.3) is 0 Å². The van der Waals surface area contributed by atoms with E-state index in [0.717, 1.165) is 23.5 Å². The molecule has 1 aromatic carbocycles. The number of rotatable bonds is 8. The maximum Gasteiger partial charge on any atom is 0.126 e. The van der Waals surface area contributed by atoms with Crippen LogP contribution in [0, 0.1) is 0 Å². The Balaban J connectivity index is 1.90. The number of ether oxygens (including phenoxy) is 2. The molecule has 1 aromatic rings. The first kappa shape index (κ1) is 25.0. The normalized spacial score (nSPS) is 25.4. The molecule has 0 heterocycles. The van der Waals surface area contributed by atoms with E-state index >= 15 is 0 Å². The lowest BCUT2D eigenvalue weighted by molar-refractivity contribution is 0.0111. The van der Waals surface area contributed by atoms with Crippen LogP contribution in [0.25, 0.3) is 5.57 Å². The van der Waals surface area contributed by atoms with Crippen LogP contribution in [-0.4, -0.2) is 28.9 Å². The van der Waals surface area contributed by atoms with Gasteiger partial charge in [0, 0.05) is 12.0 Å². The van der Waals surface area contributed by atoms with E-state index in [0.29, 0.717) is 0 Å². The van der Waals surface area contributed by atoms with Crippen LogP contribution in [0.5, 0.6) is 0 Å². The van der Waals surface area contributed by atoms with Crippen LogP contribution in [0.1, 0.15) is 104 Å². The number of hydrogen-bond donors (Lipinski definition) is 0. The van der Waals surface area contributed by atoms with Gasteiger partial charge in [-0.3, -0.25) is 0 Å². The Kier molecular flexibility index (Phi) is 8.75. The fourth-order valence-electron chi connectivity index (χ4n) is 6.43. The molecule has 0 aliphatic heterocycles. The monoisotopic (exact) mass is 468 g/mol. The zero-order valence-electron chi connectivity index (χ0n) is 21.4. The summed E-state index contributed by atoms with van der Waals surface area (Å²) in [7, 11) is -0.358. The van der Waals surface area contributed by atoms with Crippen molar-refractivity contribution in [1.29, 1.82) is 0 Å². The largest absolute Gasteiger partial charge is 0.491 e. The summed E-state index contributed by atoms with van der Waals surface area (Å²) in [5.41, 5.74) is 4.25. The summed E-state index contributed by atoms with van der Waals surface area (Å²) >= 11 is 0. The summed E-state index contributed by atoms with van der Waals surface area (Å²) in [5, 5.41) is -0.256. The Bertz CT molecular complexity index is 782. The predicted molar refractivity (Wildman–Crippen MR) is 143 cm³/mol. The van der Waals surface area contributed by atoms with Crippen molar-refractivity contribution in [1.82, 2.24) is 0 Å². The summed E-state index contributed by atoms with van der Waals surface area (Å²) < 4.78 is 13.8. The minimum absolute atomic E-state index is 0.147. The molecule has 0 spiro atoms. The van der Waals surface area contributed by atoms with Crippen LogP contribution in [0.2, 0.25) is 0 Å². The lowest BCUT2D eigenvalue weighted by Gasteiger charge is -2.53. The molecular weight excluding hydrogens is 423 g/mol. The van der Waals surface area contributed by atoms with E-state index in [9.17, 15) is 0 Å². The summed E-state index contributed by atoms with van der Waals surface area (Å²) in [5.74, 6) is 1.04. The van der Waals surface area contributed by atoms with Gasteiger partial charge in [0.05, 0.1) is 12.2 Å². The third-order valence-electron chi connectivity index (χ3n) is 7.51. The van der Waals surface area contributed by atoms with Crippen LogP contribution < -0.4 is 0 Å². The number of benzene rings is 1. The summed E-state index contributed by atoms with van der Waals surface area (Å²) in [6.45, 7) is 8.77. The van der Waals surface area contributed by atoms with Crippen LogP contribution in [0.4, 0.5) is 0 Å². The Morgan fingerprint density at radius 1 is 0.788 bits per heavy atom. The lowest BCUT2D eigenvalue weighted by Crippen LogP contribution is -2.43. The molecule has 1 unspecified atom stereocenters. The molecule has 2 fully saturated rings. The maximum atomic E-state index is 7.27. The first-order valence-electron chi connectivity index (χ1n) is 13.6. The van der Waals surface area contributed by atoms with Crippen molar-refractivity contribution in [3.8, 4) is 0 Å². The average Bonchev–Trinajstić information content (AvgIpc) is 2.80. The standard InChI is InChI=1S/C30H45O2P/c1-23(2)31-28-21-14-22-30(32-24(3)4,29(28)25-15-8-5-9-16-25)33(26-17-10-6-11-18-26)27-19-12-7-13-20-27/h5,8-9,14-16,21,23-24,26-27H,6-7,10-13,17-20,22H2,1-4H3. The molecule has 2 nitrogen and oxygen atoms in total. The highest BCUT2D eigenvalue weighted by atomic mass is 31.1. The van der Waals surface area contributed by atoms with Crippen LogP contribution in [0.15, 0.2) is 48.2 Å². The quantitative estimate of drug-likeness (QED) is 0.354. The van der Waals surface area contributed by atoms with Gasteiger partial charge >= 0.3 is 0 Å². The highest BCUT2D eigenvalue weighted by Gasteiger charge is 2.52. The molecule has 4 rings (SSSR count). The van der Waals surface area contributed by atoms with Crippen LogP contribution in [-0.2, 0) is 9.47 Å². The Morgan fingerprint density at radius 3 is 1.88 bits per heavy atom. The van der Waals surface area contributed by atoms with Crippen molar-refractivity contribution in [2.24, 2.45) is 0 Å². The molecule has 0 saturated heterocycles. The zero-order valence-corrected chi connectivity index (χ0v) is 22.3. The van der Waals surface area contributed by atoms with Crippen molar-refractivity contribution < 1.29 is 9.47 Å². The predicted octanol–water partition coefficient (Wildman–Crippen LogP) is 9.05. The van der Waals surface area contributed by atoms with Gasteiger partial charge in [-0.15, -0.1) is 0 Å². The van der Waals surface area contributed by atoms with Crippen molar-refractivity contribution >= 4 is 13.5 Å². The molecule has 33 heavy (non-hydrogen) atoms. The van der Waals surface area contributed by atoms with Crippen LogP contribution >= 0.6 is 7.92 Å². The second kappa shape index (κ2) is 11.5. The smallest absolute Gasteiger partial charge is 0.126 e. The van der Waals surface area contributed by atoms with E-state index in [1.807, 2.05) is 0 Å². The first-order valence-corrected chi connectivity index (χ1v) is 15.1. The van der Waals surface area contributed by atoms with Gasteiger partial charge in [-0.1, -0.05) is 82.9 Å². The number of hydrogen-bond acceptors (Lipinski definition) is 2. The Morgan fingerprint density at radius 2 is 1.36 bits per heavy atom. The van der Waals surface area contributed by atoms with E-state index in [1.165, 1.54) is 75.3 Å². The minimum Gasteiger partial charge on any atom is -0.491 e. The topological polar surface area (TPSA) is 18.5 Å². The highest BCUT2D eigenvalue weighted by molar-refractivity contribution is 7.61. The van der Waals surface area contributed by atoms with Crippen LogP contribution in [0.3, 0.4) is 0 Å². The average molecular weight is 469 g/mol.